The fraction of sp³-hybridized carbons (Fsp3) is 0.400. The summed E-state index contributed by atoms with van der Waals surface area (Å²) in [6, 6.07) is 22.4. The maximum atomic E-state index is 6.17. The Morgan fingerprint density at radius 3 is 1.86 bits per heavy atom. The van der Waals surface area contributed by atoms with Crippen LogP contribution in [0.25, 0.3) is 0 Å². The smallest absolute Gasteiger partial charge is 0.105 e. The molecule has 1 fully saturated rings. The number of nitrogens with zero attached hydrogens (tertiary/aromatic N) is 1. The van der Waals surface area contributed by atoms with Crippen LogP contribution in [0, 0.1) is 0 Å². The van der Waals surface area contributed by atoms with E-state index in [1.54, 1.807) is 0 Å². The lowest BCUT2D eigenvalue weighted by Gasteiger charge is -2.48. The second-order valence-corrected chi connectivity index (χ2v) is 6.61. The molecule has 0 aliphatic carbocycles. The van der Waals surface area contributed by atoms with Crippen molar-refractivity contribution in [1.82, 2.24) is 0 Å². The summed E-state index contributed by atoms with van der Waals surface area (Å²) >= 11 is 0. The van der Waals surface area contributed by atoms with E-state index in [1.807, 2.05) is 0 Å². The van der Waals surface area contributed by atoms with Crippen molar-refractivity contribution in [2.75, 3.05) is 13.1 Å². The summed E-state index contributed by atoms with van der Waals surface area (Å²) in [6.45, 7) is 4.22. The molecular weight excluding hydrogens is 268 g/mol. The van der Waals surface area contributed by atoms with Gasteiger partial charge in [0.05, 0.1) is 6.54 Å². The number of nitrogens with two attached hydrogens (primary N) is 1. The van der Waals surface area contributed by atoms with Crippen molar-refractivity contribution in [2.24, 2.45) is 5.73 Å². The van der Waals surface area contributed by atoms with Gasteiger partial charge in [0.1, 0.15) is 19.1 Å². The van der Waals surface area contributed by atoms with Gasteiger partial charge in [-0.3, -0.25) is 0 Å². The Morgan fingerprint density at radius 2 is 1.36 bits per heavy atom. The molecule has 1 aliphatic heterocycles. The molecule has 0 spiro atoms. The van der Waals surface area contributed by atoms with E-state index in [0.717, 1.165) is 24.1 Å². The molecule has 0 saturated carbocycles. The van der Waals surface area contributed by atoms with Crippen LogP contribution in [0.2, 0.25) is 0 Å². The lowest BCUT2D eigenvalue weighted by atomic mass is 9.95. The van der Waals surface area contributed by atoms with Crippen LogP contribution in [0.3, 0.4) is 0 Å². The van der Waals surface area contributed by atoms with Crippen LogP contribution in [0.5, 0.6) is 0 Å². The van der Waals surface area contributed by atoms with E-state index in [1.165, 1.54) is 36.9 Å². The maximum Gasteiger partial charge on any atom is 0.105 e. The number of likely N-dealkylation sites (tertiary alicyclic amines) is 1. The number of hydrogen-bond acceptors (Lipinski definition) is 1. The highest BCUT2D eigenvalue weighted by Gasteiger charge is 2.38. The zero-order chi connectivity index (χ0) is 15.3. The van der Waals surface area contributed by atoms with Crippen molar-refractivity contribution < 1.29 is 4.48 Å². The Morgan fingerprint density at radius 1 is 0.818 bits per heavy atom. The minimum absolute atomic E-state index is 0.578. The Bertz CT molecular complexity index is 523. The molecule has 0 aromatic heterocycles. The second kappa shape index (κ2) is 7.08. The van der Waals surface area contributed by atoms with Gasteiger partial charge in [0, 0.05) is 24.1 Å². The first-order valence-electron chi connectivity index (χ1n) is 8.46. The highest BCUT2D eigenvalue weighted by Crippen LogP contribution is 2.31. The van der Waals surface area contributed by atoms with Crippen molar-refractivity contribution in [3.63, 3.8) is 0 Å². The topological polar surface area (TPSA) is 26.0 Å². The molecule has 1 atom stereocenters. The molecule has 0 radical (unpaired) electrons. The number of quaternary nitrogens is 1. The summed E-state index contributed by atoms with van der Waals surface area (Å²) in [5, 5.41) is 0. The number of hydrogen-bond donors (Lipinski definition) is 1. The number of rotatable bonds is 5. The first-order chi connectivity index (χ1) is 10.8. The third-order valence-corrected chi connectivity index (χ3v) is 5.12. The van der Waals surface area contributed by atoms with Crippen LogP contribution in [0.15, 0.2) is 60.7 Å². The van der Waals surface area contributed by atoms with Crippen molar-refractivity contribution >= 4 is 0 Å². The monoisotopic (exact) mass is 295 g/mol. The normalized spacial score (nSPS) is 20.7. The fourth-order valence-electron chi connectivity index (χ4n) is 3.97. The number of benzene rings is 2. The summed E-state index contributed by atoms with van der Waals surface area (Å²) in [4.78, 5) is 0. The van der Waals surface area contributed by atoms with Gasteiger partial charge >= 0.3 is 0 Å². The van der Waals surface area contributed by atoms with Gasteiger partial charge in [0.15, 0.2) is 0 Å². The third kappa shape index (κ3) is 3.40. The molecule has 2 aromatic rings. The van der Waals surface area contributed by atoms with E-state index >= 15 is 0 Å². The molecule has 1 saturated heterocycles. The molecule has 2 aromatic carbocycles. The Kier molecular flexibility index (Phi) is 4.91. The zero-order valence-corrected chi connectivity index (χ0v) is 13.3. The zero-order valence-electron chi connectivity index (χ0n) is 13.3. The Hall–Kier alpha value is -1.64. The molecule has 0 unspecified atom stereocenters. The van der Waals surface area contributed by atoms with Gasteiger partial charge in [0.25, 0.3) is 0 Å². The van der Waals surface area contributed by atoms with Crippen molar-refractivity contribution in [3.05, 3.63) is 71.8 Å². The van der Waals surface area contributed by atoms with Gasteiger partial charge in [-0.1, -0.05) is 60.7 Å². The fourth-order valence-corrected chi connectivity index (χ4v) is 3.97. The van der Waals surface area contributed by atoms with E-state index in [2.05, 4.69) is 60.7 Å². The van der Waals surface area contributed by atoms with Crippen LogP contribution < -0.4 is 5.73 Å². The summed E-state index contributed by atoms with van der Waals surface area (Å²) in [5.41, 5.74) is 9.03. The molecule has 2 nitrogen and oxygen atoms in total. The van der Waals surface area contributed by atoms with Crippen LogP contribution in [0.4, 0.5) is 0 Å². The molecule has 0 bridgehead atoms. The van der Waals surface area contributed by atoms with E-state index in [-0.39, 0.29) is 0 Å². The lowest BCUT2D eigenvalue weighted by molar-refractivity contribution is -0.979. The Balaban J connectivity index is 1.90. The summed E-state index contributed by atoms with van der Waals surface area (Å²) in [6.07, 6.45) is 3.90. The summed E-state index contributed by atoms with van der Waals surface area (Å²) < 4.78 is 1.12. The van der Waals surface area contributed by atoms with Gasteiger partial charge < -0.3 is 10.2 Å². The number of piperidine rings is 1. The SMILES string of the molecule is NC[C@@H]1CCCC[N+]1(Cc1ccccc1)Cc1ccccc1. The molecular formula is C20H27N2+. The van der Waals surface area contributed by atoms with Gasteiger partial charge in [-0.2, -0.15) is 0 Å². The predicted octanol–water partition coefficient (Wildman–Crippen LogP) is 3.71. The van der Waals surface area contributed by atoms with E-state index in [4.69, 9.17) is 5.73 Å². The predicted molar refractivity (Wildman–Crippen MR) is 92.1 cm³/mol. The molecule has 3 rings (SSSR count). The van der Waals surface area contributed by atoms with Crippen LogP contribution in [-0.4, -0.2) is 23.6 Å². The third-order valence-electron chi connectivity index (χ3n) is 5.12. The maximum absolute atomic E-state index is 6.17. The van der Waals surface area contributed by atoms with Crippen LogP contribution >= 0.6 is 0 Å². The summed E-state index contributed by atoms with van der Waals surface area (Å²) in [5.74, 6) is 0. The standard InChI is InChI=1S/C20H27N2/c21-15-20-13-7-8-14-22(20,16-18-9-3-1-4-10-18)17-19-11-5-2-6-12-19/h1-6,9-12,20H,7-8,13-17,21H2/q+1/t20-/m0/s1. The average Bonchev–Trinajstić information content (AvgIpc) is 2.57. The quantitative estimate of drug-likeness (QED) is 0.836. The molecule has 22 heavy (non-hydrogen) atoms. The van der Waals surface area contributed by atoms with Gasteiger partial charge in [-0.15, -0.1) is 0 Å². The minimum atomic E-state index is 0.578. The first kappa shape index (κ1) is 15.3. The lowest BCUT2D eigenvalue weighted by Crippen LogP contribution is -2.59. The first-order valence-corrected chi connectivity index (χ1v) is 8.46. The van der Waals surface area contributed by atoms with E-state index < -0.39 is 0 Å². The average molecular weight is 295 g/mol. The molecule has 1 heterocycles. The van der Waals surface area contributed by atoms with Crippen LogP contribution in [-0.2, 0) is 13.1 Å². The molecule has 2 N–H and O–H groups in total. The van der Waals surface area contributed by atoms with E-state index in [0.29, 0.717) is 6.04 Å². The van der Waals surface area contributed by atoms with Crippen molar-refractivity contribution in [3.8, 4) is 0 Å². The van der Waals surface area contributed by atoms with Crippen molar-refractivity contribution in [2.45, 2.75) is 38.4 Å². The van der Waals surface area contributed by atoms with Gasteiger partial charge in [-0.25, -0.2) is 0 Å². The molecule has 116 valence electrons. The Labute approximate surface area is 134 Å². The second-order valence-electron chi connectivity index (χ2n) is 6.61. The molecule has 1 aliphatic rings. The minimum Gasteiger partial charge on any atom is -0.325 e. The molecule has 2 heteroatoms. The highest BCUT2D eigenvalue weighted by molar-refractivity contribution is 5.15. The summed E-state index contributed by atoms with van der Waals surface area (Å²) in [7, 11) is 0. The highest BCUT2D eigenvalue weighted by atomic mass is 15.4. The van der Waals surface area contributed by atoms with E-state index in [9.17, 15) is 0 Å². The van der Waals surface area contributed by atoms with Crippen molar-refractivity contribution in [1.29, 1.82) is 0 Å². The van der Waals surface area contributed by atoms with Gasteiger partial charge in [0.2, 0.25) is 0 Å². The van der Waals surface area contributed by atoms with Gasteiger partial charge in [-0.05, 0) is 12.8 Å². The largest absolute Gasteiger partial charge is 0.325 e. The van der Waals surface area contributed by atoms with Crippen LogP contribution in [0.1, 0.15) is 30.4 Å². The molecule has 0 amide bonds.